The summed E-state index contributed by atoms with van der Waals surface area (Å²) in [6.07, 6.45) is 0. The second-order valence-electron chi connectivity index (χ2n) is 30.8. The molecule has 122 heavy (non-hydrogen) atoms. The second-order valence-corrected chi connectivity index (χ2v) is 30.8. The summed E-state index contributed by atoms with van der Waals surface area (Å²) in [7, 11) is 0. The van der Waals surface area contributed by atoms with Crippen LogP contribution < -0.4 is 0 Å². The van der Waals surface area contributed by atoms with Crippen LogP contribution >= 0.6 is 0 Å². The summed E-state index contributed by atoms with van der Waals surface area (Å²) in [4.78, 5) is 41.7. The fourth-order valence-electron chi connectivity index (χ4n) is 17.6. The number of fused-ring (bicyclic) bond motifs is 14. The number of benzene rings is 18. The molecule has 10 nitrogen and oxygen atoms in total. The SMILES string of the molecule is c1ccc(-c2cc(-c3ccccc3)cc(-c3nc(-c4ccccc4)nc(-c4ccc(-c5c6c(cc7c(-c8ccccc8)nc8ccccc8c57)oc5ccccc56)cc4)n3)c2)cc1.c1ccc(-c2nc3ccccc3c3c(-c4cccc(-c5nc(-c6ccc7ccccc7c6)nc(-c6ccc7ccccc7c6)n5)c4)c4c(cc23)oc2ccccc24)cc1. The third kappa shape index (κ3) is 12.8. The molecule has 6 aromatic heterocycles. The van der Waals surface area contributed by atoms with Gasteiger partial charge in [0.2, 0.25) is 0 Å². The number of rotatable bonds is 12. The molecule has 0 saturated carbocycles. The Hall–Kier alpha value is -16.6. The molecule has 18 aromatic carbocycles. The maximum Gasteiger partial charge on any atom is 0.164 e. The summed E-state index contributed by atoms with van der Waals surface area (Å²) in [6.45, 7) is 0. The van der Waals surface area contributed by atoms with Gasteiger partial charge in [0.1, 0.15) is 22.3 Å². The highest BCUT2D eigenvalue weighted by atomic mass is 16.3. The number of furan rings is 2. The van der Waals surface area contributed by atoms with E-state index in [9.17, 15) is 0 Å². The van der Waals surface area contributed by atoms with Crippen LogP contribution in [0, 0.1) is 0 Å². The predicted octanol–water partition coefficient (Wildman–Crippen LogP) is 29.3. The van der Waals surface area contributed by atoms with Gasteiger partial charge >= 0.3 is 0 Å². The van der Waals surface area contributed by atoms with E-state index >= 15 is 0 Å². The van der Waals surface area contributed by atoms with Crippen molar-refractivity contribution >= 4 is 109 Å². The Balaban J connectivity index is 0.000000142. The first-order valence-electron chi connectivity index (χ1n) is 40.9. The zero-order valence-corrected chi connectivity index (χ0v) is 65.7. The Morgan fingerprint density at radius 1 is 0.148 bits per heavy atom. The molecule has 0 aliphatic heterocycles. The Morgan fingerprint density at radius 3 is 0.910 bits per heavy atom. The molecule has 0 unspecified atom stereocenters. The number of hydrogen-bond donors (Lipinski definition) is 0. The molecular weight excluding hydrogens is 1490 g/mol. The highest BCUT2D eigenvalue weighted by Gasteiger charge is 2.26. The molecule has 0 radical (unpaired) electrons. The van der Waals surface area contributed by atoms with Gasteiger partial charge in [-0.25, -0.2) is 39.9 Å². The molecule has 568 valence electrons. The van der Waals surface area contributed by atoms with Crippen LogP contribution in [0.3, 0.4) is 0 Å². The number of nitrogens with zero attached hydrogens (tertiary/aromatic N) is 8. The monoisotopic (exact) mass is 1560 g/mol. The Labute approximate surface area is 700 Å². The molecule has 10 heteroatoms. The second kappa shape index (κ2) is 29.9. The molecule has 0 amide bonds. The van der Waals surface area contributed by atoms with Crippen LogP contribution in [0.4, 0.5) is 0 Å². The lowest BCUT2D eigenvalue weighted by atomic mass is 9.89. The Bertz CT molecular complexity index is 8090. The predicted molar refractivity (Wildman–Crippen MR) is 500 cm³/mol. The maximum atomic E-state index is 6.67. The van der Waals surface area contributed by atoms with Gasteiger partial charge in [-0.1, -0.05) is 340 Å². The van der Waals surface area contributed by atoms with Crippen molar-refractivity contribution in [3.8, 4) is 135 Å². The Morgan fingerprint density at radius 2 is 0.451 bits per heavy atom. The van der Waals surface area contributed by atoms with Crippen LogP contribution in [0.5, 0.6) is 0 Å². The van der Waals surface area contributed by atoms with Gasteiger partial charge in [-0.15, -0.1) is 0 Å². The van der Waals surface area contributed by atoms with Crippen molar-refractivity contribution in [2.75, 3.05) is 0 Å². The zero-order valence-electron chi connectivity index (χ0n) is 65.7. The van der Waals surface area contributed by atoms with Crippen LogP contribution in [-0.4, -0.2) is 39.9 Å². The first-order chi connectivity index (χ1) is 60.4. The average Bonchev–Trinajstić information content (AvgIpc) is 1.45. The highest BCUT2D eigenvalue weighted by Crippen LogP contribution is 2.50. The molecule has 0 saturated heterocycles. The van der Waals surface area contributed by atoms with Crippen LogP contribution in [0.1, 0.15) is 0 Å². The van der Waals surface area contributed by atoms with Gasteiger partial charge in [0.25, 0.3) is 0 Å². The standard InChI is InChI=1S/C58H36N4O.C54H32N4O/c1-5-17-37(18-6-1)43-33-44(38-19-7-2-8-20-38)35-45(34-43)58-61-56(41-23-11-4-12-24-41)60-57(62-58)42-31-29-39(30-32-42)52-53-46-25-13-15-27-49(46)59-55(40-21-9-3-10-22-40)48(53)36-51-54(52)47-26-14-16-28-50(47)63-51;1-2-15-35(16-3-1)51-44-32-47-50(43-22-9-11-24-46(43)59-47)48(49(44)42-21-8-10-23-45(42)55-51)38-19-12-20-39(31-38)52-56-53(40-27-25-33-13-4-6-17-36(33)29-40)58-54(57-52)41-28-26-34-14-5-7-18-37(34)30-41/h1-36H;1-32H. The normalized spacial score (nSPS) is 11.6. The lowest BCUT2D eigenvalue weighted by molar-refractivity contribution is 0.669. The Kier molecular flexibility index (Phi) is 17.3. The third-order valence-corrected chi connectivity index (χ3v) is 23.3. The minimum atomic E-state index is 0.592. The van der Waals surface area contributed by atoms with Crippen molar-refractivity contribution in [3.63, 3.8) is 0 Å². The lowest BCUT2D eigenvalue weighted by Crippen LogP contribution is -2.00. The zero-order chi connectivity index (χ0) is 80.6. The molecule has 0 fully saturated rings. The van der Waals surface area contributed by atoms with Crippen molar-refractivity contribution < 1.29 is 8.83 Å². The topological polar surface area (TPSA) is 129 Å². The van der Waals surface area contributed by atoms with E-state index in [2.05, 4.69) is 334 Å². The molecule has 0 bridgehead atoms. The number of pyridine rings is 2. The molecular formula is C112H68N8O2. The maximum absolute atomic E-state index is 6.67. The minimum absolute atomic E-state index is 0.592. The minimum Gasteiger partial charge on any atom is -0.456 e. The molecule has 24 aromatic rings. The summed E-state index contributed by atoms with van der Waals surface area (Å²) in [5.74, 6) is 3.64. The quantitative estimate of drug-likeness (QED) is 0.109. The van der Waals surface area contributed by atoms with E-state index in [1.165, 1.54) is 10.8 Å². The van der Waals surface area contributed by atoms with E-state index in [1.807, 2.05) is 78.9 Å². The van der Waals surface area contributed by atoms with Gasteiger partial charge in [0.15, 0.2) is 34.9 Å². The fourth-order valence-corrected chi connectivity index (χ4v) is 17.6. The van der Waals surface area contributed by atoms with Crippen molar-refractivity contribution in [1.29, 1.82) is 0 Å². The van der Waals surface area contributed by atoms with Crippen molar-refractivity contribution in [3.05, 3.63) is 413 Å². The summed E-state index contributed by atoms with van der Waals surface area (Å²) in [6, 6.07) is 143. The highest BCUT2D eigenvalue weighted by molar-refractivity contribution is 6.29. The van der Waals surface area contributed by atoms with E-state index in [4.69, 9.17) is 48.7 Å². The van der Waals surface area contributed by atoms with Crippen molar-refractivity contribution in [2.24, 2.45) is 0 Å². The van der Waals surface area contributed by atoms with E-state index in [1.54, 1.807) is 0 Å². The third-order valence-electron chi connectivity index (χ3n) is 23.3. The molecule has 24 rings (SSSR count). The summed E-state index contributed by atoms with van der Waals surface area (Å²) in [5, 5.41) is 15.3. The number of aromatic nitrogens is 8. The van der Waals surface area contributed by atoms with Crippen molar-refractivity contribution in [2.45, 2.75) is 0 Å². The molecule has 0 aliphatic rings. The van der Waals surface area contributed by atoms with E-state index in [-0.39, 0.29) is 0 Å². The first kappa shape index (κ1) is 70.8. The van der Waals surface area contributed by atoms with Gasteiger partial charge in [-0.05, 0) is 128 Å². The van der Waals surface area contributed by atoms with Crippen LogP contribution in [0.25, 0.3) is 244 Å². The first-order valence-corrected chi connectivity index (χ1v) is 40.9. The molecule has 6 heterocycles. The molecule has 0 atom stereocenters. The van der Waals surface area contributed by atoms with E-state index in [0.717, 1.165) is 198 Å². The van der Waals surface area contributed by atoms with Crippen molar-refractivity contribution in [1.82, 2.24) is 39.9 Å². The largest absolute Gasteiger partial charge is 0.456 e. The van der Waals surface area contributed by atoms with E-state index in [0.29, 0.717) is 34.9 Å². The number of hydrogen-bond acceptors (Lipinski definition) is 10. The van der Waals surface area contributed by atoms with Gasteiger partial charge in [0.05, 0.1) is 22.4 Å². The summed E-state index contributed by atoms with van der Waals surface area (Å²) < 4.78 is 13.3. The van der Waals surface area contributed by atoms with Gasteiger partial charge in [-0.2, -0.15) is 0 Å². The molecule has 0 spiro atoms. The lowest BCUT2D eigenvalue weighted by Gasteiger charge is -2.16. The van der Waals surface area contributed by atoms with Crippen LogP contribution in [0.15, 0.2) is 421 Å². The van der Waals surface area contributed by atoms with Gasteiger partial charge in [0, 0.05) is 109 Å². The molecule has 0 aliphatic carbocycles. The molecule has 0 N–H and O–H groups in total. The van der Waals surface area contributed by atoms with E-state index < -0.39 is 0 Å². The smallest absolute Gasteiger partial charge is 0.164 e. The fraction of sp³-hybridized carbons (Fsp3) is 0. The van der Waals surface area contributed by atoms with Crippen LogP contribution in [-0.2, 0) is 0 Å². The van der Waals surface area contributed by atoms with Gasteiger partial charge < -0.3 is 8.83 Å². The van der Waals surface area contributed by atoms with Crippen LogP contribution in [0.2, 0.25) is 0 Å². The summed E-state index contributed by atoms with van der Waals surface area (Å²) in [5.41, 5.74) is 23.2. The summed E-state index contributed by atoms with van der Waals surface area (Å²) >= 11 is 0. The average molecular weight is 1560 g/mol. The number of para-hydroxylation sites is 4. The van der Waals surface area contributed by atoms with Gasteiger partial charge in [-0.3, -0.25) is 0 Å².